The minimum absolute atomic E-state index is 0.144. The minimum atomic E-state index is -3.54. The second-order valence-electron chi connectivity index (χ2n) is 4.39. The van der Waals surface area contributed by atoms with E-state index in [1.807, 2.05) is 0 Å². The van der Waals surface area contributed by atoms with Crippen LogP contribution in [-0.2, 0) is 19.4 Å². The van der Waals surface area contributed by atoms with Crippen LogP contribution < -0.4 is 10.1 Å². The summed E-state index contributed by atoms with van der Waals surface area (Å²) >= 11 is 0. The molecule has 120 valence electrons. The van der Waals surface area contributed by atoms with Crippen LogP contribution in [0, 0.1) is 11.8 Å². The second-order valence-corrected chi connectivity index (χ2v) is 6.38. The molecule has 1 aromatic carbocycles. The van der Waals surface area contributed by atoms with Crippen LogP contribution in [0.1, 0.15) is 13.8 Å². The Morgan fingerprint density at radius 2 is 1.95 bits per heavy atom. The van der Waals surface area contributed by atoms with Crippen LogP contribution in [0.2, 0.25) is 0 Å². The molecule has 0 aliphatic rings. The van der Waals surface area contributed by atoms with Gasteiger partial charge in [0.05, 0.1) is 12.0 Å². The van der Waals surface area contributed by atoms with E-state index in [1.165, 1.54) is 26.2 Å². The number of carbonyl (C=O) groups is 1. The van der Waals surface area contributed by atoms with Gasteiger partial charge in [0.1, 0.15) is 24.3 Å². The summed E-state index contributed by atoms with van der Waals surface area (Å²) in [6.45, 7) is 3.50. The molecule has 7 heteroatoms. The van der Waals surface area contributed by atoms with E-state index in [9.17, 15) is 13.2 Å². The SMILES string of the molecule is CC#CCOc1ccc(S(=O)(=O)CN[C@H](C)C(=O)OC)cc1. The first-order valence-corrected chi connectivity index (χ1v) is 8.22. The first kappa shape index (κ1) is 18.0. The summed E-state index contributed by atoms with van der Waals surface area (Å²) < 4.78 is 34.1. The van der Waals surface area contributed by atoms with Crippen molar-refractivity contribution in [1.82, 2.24) is 5.32 Å². The Kier molecular flexibility index (Phi) is 6.89. The van der Waals surface area contributed by atoms with Gasteiger partial charge in [0.15, 0.2) is 9.84 Å². The third-order valence-electron chi connectivity index (χ3n) is 2.80. The quantitative estimate of drug-likeness (QED) is 0.594. The van der Waals surface area contributed by atoms with Gasteiger partial charge in [0.2, 0.25) is 0 Å². The molecule has 1 atom stereocenters. The monoisotopic (exact) mass is 325 g/mol. The maximum atomic E-state index is 12.1. The molecular formula is C15H19NO5S. The topological polar surface area (TPSA) is 81.7 Å². The van der Waals surface area contributed by atoms with Crippen molar-refractivity contribution in [3.63, 3.8) is 0 Å². The van der Waals surface area contributed by atoms with Crippen LogP contribution >= 0.6 is 0 Å². The van der Waals surface area contributed by atoms with E-state index in [1.54, 1.807) is 19.1 Å². The van der Waals surface area contributed by atoms with Gasteiger partial charge in [0.25, 0.3) is 0 Å². The first-order valence-electron chi connectivity index (χ1n) is 6.57. The Morgan fingerprint density at radius 3 is 2.50 bits per heavy atom. The van der Waals surface area contributed by atoms with Crippen LogP contribution in [0.15, 0.2) is 29.2 Å². The van der Waals surface area contributed by atoms with E-state index >= 15 is 0 Å². The number of carbonyl (C=O) groups excluding carboxylic acids is 1. The highest BCUT2D eigenvalue weighted by molar-refractivity contribution is 7.91. The third-order valence-corrected chi connectivity index (χ3v) is 4.34. The molecule has 0 amide bonds. The lowest BCUT2D eigenvalue weighted by Crippen LogP contribution is -2.38. The van der Waals surface area contributed by atoms with Crippen LogP contribution in [0.25, 0.3) is 0 Å². The average molecular weight is 325 g/mol. The normalized spacial score (nSPS) is 12.0. The zero-order valence-corrected chi connectivity index (χ0v) is 13.6. The largest absolute Gasteiger partial charge is 0.481 e. The summed E-state index contributed by atoms with van der Waals surface area (Å²) in [4.78, 5) is 11.4. The lowest BCUT2D eigenvalue weighted by molar-refractivity contribution is -0.142. The number of nitrogens with one attached hydrogen (secondary N) is 1. The summed E-state index contributed by atoms with van der Waals surface area (Å²) in [6.07, 6.45) is 0. The molecule has 0 unspecified atom stereocenters. The average Bonchev–Trinajstić information content (AvgIpc) is 2.52. The Balaban J connectivity index is 2.68. The number of rotatable bonds is 7. The molecule has 1 aromatic rings. The second kappa shape index (κ2) is 8.41. The van der Waals surface area contributed by atoms with Crippen molar-refractivity contribution in [3.8, 4) is 17.6 Å². The predicted octanol–water partition coefficient (Wildman–Crippen LogP) is 0.971. The molecule has 1 N–H and O–H groups in total. The molecule has 0 aliphatic carbocycles. The molecule has 0 heterocycles. The van der Waals surface area contributed by atoms with Crippen LogP contribution in [-0.4, -0.2) is 40.0 Å². The van der Waals surface area contributed by atoms with Crippen LogP contribution in [0.3, 0.4) is 0 Å². The van der Waals surface area contributed by atoms with Crippen molar-refractivity contribution in [1.29, 1.82) is 0 Å². The van der Waals surface area contributed by atoms with Crippen molar-refractivity contribution < 1.29 is 22.7 Å². The molecule has 0 bridgehead atoms. The number of methoxy groups -OCH3 is 1. The predicted molar refractivity (Wildman–Crippen MR) is 82.1 cm³/mol. The molecule has 22 heavy (non-hydrogen) atoms. The number of hydrogen-bond acceptors (Lipinski definition) is 6. The van der Waals surface area contributed by atoms with E-state index in [0.717, 1.165) is 0 Å². The van der Waals surface area contributed by atoms with E-state index in [-0.39, 0.29) is 17.4 Å². The highest BCUT2D eigenvalue weighted by atomic mass is 32.2. The Bertz CT molecular complexity index is 655. The lowest BCUT2D eigenvalue weighted by atomic mass is 10.3. The molecule has 0 aromatic heterocycles. The zero-order valence-electron chi connectivity index (χ0n) is 12.8. The summed E-state index contributed by atoms with van der Waals surface area (Å²) in [7, 11) is -2.29. The summed E-state index contributed by atoms with van der Waals surface area (Å²) in [6, 6.07) is 5.33. The molecule has 0 radical (unpaired) electrons. The molecule has 0 spiro atoms. The number of ether oxygens (including phenoxy) is 2. The smallest absolute Gasteiger partial charge is 0.322 e. The van der Waals surface area contributed by atoms with Gasteiger partial charge in [-0.1, -0.05) is 5.92 Å². The number of hydrogen-bond donors (Lipinski definition) is 1. The Labute approximate surface area is 130 Å². The molecule has 0 saturated carbocycles. The van der Waals surface area contributed by atoms with Crippen molar-refractivity contribution in [2.45, 2.75) is 24.8 Å². The highest BCUT2D eigenvalue weighted by Crippen LogP contribution is 2.16. The number of esters is 1. The zero-order chi connectivity index (χ0) is 16.6. The van der Waals surface area contributed by atoms with Gasteiger partial charge in [-0.3, -0.25) is 10.1 Å². The third kappa shape index (κ3) is 5.39. The standard InChI is InChI=1S/C15H19NO5S/c1-4-5-10-21-13-6-8-14(9-7-13)22(18,19)11-16-12(2)15(17)20-3/h6-9,12,16H,10-11H2,1-3H3/t12-/m1/s1. The maximum Gasteiger partial charge on any atom is 0.322 e. The van der Waals surface area contributed by atoms with E-state index in [4.69, 9.17) is 4.74 Å². The van der Waals surface area contributed by atoms with Crippen LogP contribution in [0.4, 0.5) is 0 Å². The van der Waals surface area contributed by atoms with Gasteiger partial charge in [-0.25, -0.2) is 8.42 Å². The molecule has 0 saturated heterocycles. The fourth-order valence-electron chi connectivity index (χ4n) is 1.51. The van der Waals surface area contributed by atoms with Crippen molar-refractivity contribution in [2.24, 2.45) is 0 Å². The van der Waals surface area contributed by atoms with E-state index < -0.39 is 21.8 Å². The van der Waals surface area contributed by atoms with Crippen molar-refractivity contribution in [2.75, 3.05) is 19.6 Å². The summed E-state index contributed by atoms with van der Waals surface area (Å²) in [5.74, 6) is 5.11. The summed E-state index contributed by atoms with van der Waals surface area (Å²) in [5, 5.41) is 2.62. The fourth-order valence-corrected chi connectivity index (χ4v) is 2.70. The van der Waals surface area contributed by atoms with E-state index in [2.05, 4.69) is 21.9 Å². The summed E-state index contributed by atoms with van der Waals surface area (Å²) in [5.41, 5.74) is 0. The van der Waals surface area contributed by atoms with Gasteiger partial charge in [-0.15, -0.1) is 5.92 Å². The number of sulfone groups is 1. The molecule has 0 fully saturated rings. The lowest BCUT2D eigenvalue weighted by Gasteiger charge is -2.12. The van der Waals surface area contributed by atoms with Gasteiger partial charge in [0, 0.05) is 0 Å². The Hall–Kier alpha value is -2.04. The molecule has 0 aliphatic heterocycles. The molecular weight excluding hydrogens is 306 g/mol. The fraction of sp³-hybridized carbons (Fsp3) is 0.400. The number of benzene rings is 1. The first-order chi connectivity index (χ1) is 10.4. The van der Waals surface area contributed by atoms with E-state index in [0.29, 0.717) is 5.75 Å². The van der Waals surface area contributed by atoms with Gasteiger partial charge >= 0.3 is 5.97 Å². The Morgan fingerprint density at radius 1 is 1.32 bits per heavy atom. The molecule has 1 rings (SSSR count). The maximum absolute atomic E-state index is 12.1. The van der Waals surface area contributed by atoms with Gasteiger partial charge < -0.3 is 9.47 Å². The minimum Gasteiger partial charge on any atom is -0.481 e. The molecule has 6 nitrogen and oxygen atoms in total. The van der Waals surface area contributed by atoms with Crippen LogP contribution in [0.5, 0.6) is 5.75 Å². The van der Waals surface area contributed by atoms with Crippen molar-refractivity contribution >= 4 is 15.8 Å². The highest BCUT2D eigenvalue weighted by Gasteiger charge is 2.19. The van der Waals surface area contributed by atoms with Gasteiger partial charge in [-0.05, 0) is 38.1 Å². The van der Waals surface area contributed by atoms with Crippen molar-refractivity contribution in [3.05, 3.63) is 24.3 Å². The van der Waals surface area contributed by atoms with Gasteiger partial charge in [-0.2, -0.15) is 0 Å².